The molecule has 316 valence electrons. The van der Waals surface area contributed by atoms with Gasteiger partial charge in [0.25, 0.3) is 0 Å². The molecule has 0 aliphatic carbocycles. The van der Waals surface area contributed by atoms with E-state index in [1.54, 1.807) is 42.7 Å². The van der Waals surface area contributed by atoms with Gasteiger partial charge in [-0.15, -0.1) is 0 Å². The first-order valence-corrected chi connectivity index (χ1v) is 27.3. The van der Waals surface area contributed by atoms with Crippen molar-refractivity contribution in [3.63, 3.8) is 0 Å². The van der Waals surface area contributed by atoms with Gasteiger partial charge >= 0.3 is 35.0 Å². The fourth-order valence-electron chi connectivity index (χ4n) is 6.57. The quantitative estimate of drug-likeness (QED) is 0.0632. The van der Waals surface area contributed by atoms with Gasteiger partial charge < -0.3 is 28.4 Å². The number of methoxy groups -OCH3 is 6. The maximum absolute atomic E-state index is 5.29. The summed E-state index contributed by atoms with van der Waals surface area (Å²) in [6, 6.07) is 50.8. The molecule has 0 aromatic heterocycles. The van der Waals surface area contributed by atoms with E-state index in [1.165, 1.54) is 33.4 Å². The molecule has 0 fully saturated rings. The molecule has 0 spiro atoms. The van der Waals surface area contributed by atoms with Gasteiger partial charge in [0, 0.05) is 15.8 Å². The molecular formula is C48H56Cl2O6P2Pd+2. The van der Waals surface area contributed by atoms with Gasteiger partial charge in [0.1, 0.15) is 34.5 Å². The standard InChI is InChI=1S/2C24H27O3P.2ClH.Pd/c2*1-25-22-10-4-19(5-11-22)16-28(17-20-6-12-23(26-2)13-7-20)18-21-8-14-24(27-3)15-9-21;;;/h2*4-15H,16-18H2,1-3H3;2*1H;/q;;;;+2. The topological polar surface area (TPSA) is 55.4 Å². The summed E-state index contributed by atoms with van der Waals surface area (Å²) >= 11 is -0.106. The molecular weight excluding hydrogens is 912 g/mol. The van der Waals surface area contributed by atoms with Crippen molar-refractivity contribution in [2.45, 2.75) is 37.0 Å². The average Bonchev–Trinajstić information content (AvgIpc) is 3.28. The molecule has 0 amide bonds. The summed E-state index contributed by atoms with van der Waals surface area (Å²) < 4.78 is 31.8. The maximum atomic E-state index is 5.29. The third-order valence-electron chi connectivity index (χ3n) is 9.68. The van der Waals surface area contributed by atoms with Crippen LogP contribution < -0.4 is 28.4 Å². The van der Waals surface area contributed by atoms with Crippen molar-refractivity contribution in [2.24, 2.45) is 0 Å². The van der Waals surface area contributed by atoms with Crippen LogP contribution in [0.2, 0.25) is 0 Å². The monoisotopic (exact) mass is 966 g/mol. The second-order valence-corrected chi connectivity index (χ2v) is 21.2. The third kappa shape index (κ3) is 17.4. The molecule has 0 bridgehead atoms. The Hall–Kier alpha value is -3.78. The number of benzene rings is 6. The van der Waals surface area contributed by atoms with Gasteiger partial charge in [-0.2, -0.15) is 0 Å². The molecule has 0 unspecified atom stereocenters. The summed E-state index contributed by atoms with van der Waals surface area (Å²) in [4.78, 5) is 0. The zero-order valence-electron chi connectivity index (χ0n) is 34.6. The van der Waals surface area contributed by atoms with E-state index in [9.17, 15) is 0 Å². The van der Waals surface area contributed by atoms with E-state index in [0.717, 1.165) is 71.5 Å². The molecule has 0 saturated heterocycles. The molecule has 0 atom stereocenters. The molecule has 0 radical (unpaired) electrons. The van der Waals surface area contributed by atoms with Crippen LogP contribution in [0.1, 0.15) is 33.4 Å². The normalized spacial score (nSPS) is 10.5. The fourth-order valence-corrected chi connectivity index (χ4v) is 12.2. The van der Waals surface area contributed by atoms with Gasteiger partial charge in [0.05, 0.1) is 79.6 Å². The minimum absolute atomic E-state index is 0.106. The predicted molar refractivity (Wildman–Crippen MR) is 249 cm³/mol. The minimum atomic E-state index is -0.682. The van der Waals surface area contributed by atoms with Crippen molar-refractivity contribution in [2.75, 3.05) is 42.7 Å². The van der Waals surface area contributed by atoms with Crippen molar-refractivity contribution in [3.05, 3.63) is 179 Å². The van der Waals surface area contributed by atoms with Gasteiger partial charge in [-0.25, -0.2) is 0 Å². The van der Waals surface area contributed by atoms with Crippen LogP contribution in [0.15, 0.2) is 146 Å². The van der Waals surface area contributed by atoms with E-state index in [4.69, 9.17) is 47.5 Å². The molecule has 11 heteroatoms. The molecule has 0 aliphatic heterocycles. The Morgan fingerprint density at radius 1 is 0.288 bits per heavy atom. The second-order valence-electron chi connectivity index (χ2n) is 13.7. The van der Waals surface area contributed by atoms with E-state index in [2.05, 4.69) is 146 Å². The van der Waals surface area contributed by atoms with Gasteiger partial charge in [0.2, 0.25) is 0 Å². The van der Waals surface area contributed by atoms with Crippen LogP contribution in [0.5, 0.6) is 34.5 Å². The summed E-state index contributed by atoms with van der Waals surface area (Å²) in [6.07, 6.45) is 6.71. The Morgan fingerprint density at radius 2 is 0.407 bits per heavy atom. The van der Waals surface area contributed by atoms with Crippen LogP contribution in [-0.4, -0.2) is 42.7 Å². The zero-order chi connectivity index (χ0) is 42.2. The van der Waals surface area contributed by atoms with E-state index in [0.29, 0.717) is 0 Å². The van der Waals surface area contributed by atoms with Crippen LogP contribution in [0.4, 0.5) is 0 Å². The van der Waals surface area contributed by atoms with E-state index in [1.807, 2.05) is 0 Å². The van der Waals surface area contributed by atoms with Crippen molar-refractivity contribution in [3.8, 4) is 34.5 Å². The van der Waals surface area contributed by atoms with Crippen LogP contribution in [0.25, 0.3) is 0 Å². The Balaban J connectivity index is 0.000000244. The summed E-state index contributed by atoms with van der Waals surface area (Å²) in [5, 5.41) is 0. The van der Waals surface area contributed by atoms with Crippen molar-refractivity contribution < 1.29 is 44.4 Å². The Morgan fingerprint density at radius 3 is 0.508 bits per heavy atom. The summed E-state index contributed by atoms with van der Waals surface area (Å²) in [6.45, 7) is 0. The molecule has 6 nitrogen and oxygen atoms in total. The third-order valence-corrected chi connectivity index (χ3v) is 15.1. The molecule has 0 saturated carbocycles. The average molecular weight is 968 g/mol. The molecule has 0 N–H and O–H groups in total. The molecule has 0 heterocycles. The molecule has 0 aliphatic rings. The van der Waals surface area contributed by atoms with Crippen LogP contribution in [-0.2, 0) is 52.9 Å². The first-order valence-electron chi connectivity index (χ1n) is 19.1. The number of hydrogen-bond acceptors (Lipinski definition) is 6. The molecule has 6 rings (SSSR count). The van der Waals surface area contributed by atoms with E-state index in [-0.39, 0.29) is 15.9 Å². The Bertz CT molecular complexity index is 1640. The van der Waals surface area contributed by atoms with E-state index < -0.39 is 15.8 Å². The number of hydrogen-bond donors (Lipinski definition) is 0. The molecule has 6 aromatic carbocycles. The molecule has 6 aromatic rings. The van der Waals surface area contributed by atoms with E-state index >= 15 is 0 Å². The van der Waals surface area contributed by atoms with Crippen molar-refractivity contribution >= 4 is 34.9 Å². The van der Waals surface area contributed by atoms with Gasteiger partial charge in [-0.05, 0) is 106 Å². The first-order chi connectivity index (χ1) is 28.8. The van der Waals surface area contributed by atoms with Crippen LogP contribution >= 0.6 is 34.9 Å². The second kappa shape index (κ2) is 27.1. The Labute approximate surface area is 370 Å². The van der Waals surface area contributed by atoms with Crippen LogP contribution in [0.3, 0.4) is 0 Å². The predicted octanol–water partition coefficient (Wildman–Crippen LogP) is 13.0. The van der Waals surface area contributed by atoms with Crippen molar-refractivity contribution in [1.82, 2.24) is 0 Å². The summed E-state index contributed by atoms with van der Waals surface area (Å²) in [5.41, 5.74) is 8.23. The van der Waals surface area contributed by atoms with Crippen LogP contribution in [0, 0.1) is 0 Å². The van der Waals surface area contributed by atoms with Gasteiger partial charge in [-0.3, -0.25) is 0 Å². The summed E-state index contributed by atoms with van der Waals surface area (Å²) in [5.74, 6) is 5.43. The Kier molecular flexibility index (Phi) is 22.0. The number of halogens is 2. The molecule has 59 heavy (non-hydrogen) atoms. The SMILES string of the molecule is COc1ccc(C[PH+](Cc2ccc(OC)cc2)Cc2ccc(OC)cc2)cc1.COc1ccc(C[PH+](Cc2ccc(OC)cc2)Cc2ccc(OC)cc2)cc1.[Cl][Pd][Cl]. The number of rotatable bonds is 18. The number of ether oxygens (including phenoxy) is 6. The zero-order valence-corrected chi connectivity index (χ0v) is 39.7. The van der Waals surface area contributed by atoms with Gasteiger partial charge in [0.15, 0.2) is 0 Å². The fraction of sp³-hybridized carbons (Fsp3) is 0.250. The van der Waals surface area contributed by atoms with Crippen molar-refractivity contribution in [1.29, 1.82) is 0 Å². The first kappa shape index (κ1) is 47.9. The van der Waals surface area contributed by atoms with Gasteiger partial charge in [-0.1, -0.05) is 72.8 Å². The summed E-state index contributed by atoms with van der Waals surface area (Å²) in [7, 11) is 18.5.